The van der Waals surface area contributed by atoms with Crippen LogP contribution >= 0.6 is 0 Å². The number of carbonyl (C=O) groups excluding carboxylic acids is 1. The van der Waals surface area contributed by atoms with E-state index in [2.05, 4.69) is 14.9 Å². The van der Waals surface area contributed by atoms with Crippen LogP contribution in [0.2, 0.25) is 0 Å². The highest BCUT2D eigenvalue weighted by atomic mass is 16.8. The van der Waals surface area contributed by atoms with E-state index in [0.717, 1.165) is 5.01 Å². The van der Waals surface area contributed by atoms with Crippen molar-refractivity contribution >= 4 is 11.9 Å². The lowest BCUT2D eigenvalue weighted by atomic mass is 10.1. The number of hydrazine groups is 1. The molecule has 96 valence electrons. The van der Waals surface area contributed by atoms with Crippen molar-refractivity contribution in [3.05, 3.63) is 5.21 Å². The molecule has 1 atom stereocenters. The Morgan fingerprint density at radius 3 is 2.82 bits per heavy atom. The van der Waals surface area contributed by atoms with Gasteiger partial charge in [-0.25, -0.2) is 4.79 Å². The third-order valence-corrected chi connectivity index (χ3v) is 2.19. The summed E-state index contributed by atoms with van der Waals surface area (Å²) >= 11 is 0. The van der Waals surface area contributed by atoms with Crippen molar-refractivity contribution in [2.75, 3.05) is 13.3 Å². The van der Waals surface area contributed by atoms with Crippen LogP contribution in [0.1, 0.15) is 19.8 Å². The van der Waals surface area contributed by atoms with E-state index in [1.807, 2.05) is 0 Å². The predicted octanol–water partition coefficient (Wildman–Crippen LogP) is -0.135. The minimum absolute atomic E-state index is 0.0437. The molecule has 1 saturated heterocycles. The fourth-order valence-electron chi connectivity index (χ4n) is 1.14. The van der Waals surface area contributed by atoms with Crippen LogP contribution in [-0.2, 0) is 19.2 Å². The summed E-state index contributed by atoms with van der Waals surface area (Å²) in [5.41, 5.74) is 0. The number of rotatable bonds is 6. The van der Waals surface area contributed by atoms with E-state index in [0.29, 0.717) is 13.0 Å². The van der Waals surface area contributed by atoms with Crippen LogP contribution in [0.4, 0.5) is 0 Å². The molecule has 0 radical (unpaired) electrons. The van der Waals surface area contributed by atoms with Gasteiger partial charge < -0.3 is 19.9 Å². The molecule has 9 heteroatoms. The Morgan fingerprint density at radius 2 is 2.35 bits per heavy atom. The van der Waals surface area contributed by atoms with E-state index in [4.69, 9.17) is 5.11 Å². The average Bonchev–Trinajstić information content (AvgIpc) is 2.21. The largest absolute Gasteiger partial charge is 0.569 e. The first-order chi connectivity index (χ1) is 8.06. The van der Waals surface area contributed by atoms with Gasteiger partial charge in [0.2, 0.25) is 5.28 Å². The first kappa shape index (κ1) is 13.0. The van der Waals surface area contributed by atoms with Crippen LogP contribution < -0.4 is 0 Å². The molecule has 1 aliphatic heterocycles. The normalized spacial score (nSPS) is 19.5. The molecule has 0 bridgehead atoms. The van der Waals surface area contributed by atoms with Crippen LogP contribution in [0.3, 0.4) is 0 Å². The van der Waals surface area contributed by atoms with Gasteiger partial charge in [-0.05, 0) is 0 Å². The summed E-state index contributed by atoms with van der Waals surface area (Å²) in [4.78, 5) is 25.7. The summed E-state index contributed by atoms with van der Waals surface area (Å²) in [6.07, 6.45) is 0.575. The Kier molecular flexibility index (Phi) is 4.49. The number of hydrogen-bond acceptors (Lipinski definition) is 6. The van der Waals surface area contributed by atoms with Crippen LogP contribution in [0, 0.1) is 5.21 Å². The van der Waals surface area contributed by atoms with E-state index in [1.54, 1.807) is 6.92 Å². The molecule has 0 saturated carbocycles. The molecular weight excluding hydrogens is 234 g/mol. The molecule has 1 N–H and O–H groups in total. The zero-order valence-corrected chi connectivity index (χ0v) is 9.24. The first-order valence-corrected chi connectivity index (χ1v) is 5.01. The molecule has 0 aromatic heterocycles. The fraction of sp³-hybridized carbons (Fsp3) is 0.750. The molecule has 0 aliphatic carbocycles. The zero-order chi connectivity index (χ0) is 12.8. The molecule has 1 aliphatic rings. The van der Waals surface area contributed by atoms with Crippen molar-refractivity contribution in [1.82, 2.24) is 5.01 Å². The van der Waals surface area contributed by atoms with Gasteiger partial charge in [-0.15, -0.1) is 5.01 Å². The lowest BCUT2D eigenvalue weighted by Gasteiger charge is -2.31. The van der Waals surface area contributed by atoms with Crippen LogP contribution in [-0.4, -0.2) is 46.4 Å². The van der Waals surface area contributed by atoms with Gasteiger partial charge in [-0.1, -0.05) is 6.92 Å². The predicted molar refractivity (Wildman–Crippen MR) is 51.1 cm³/mol. The van der Waals surface area contributed by atoms with Crippen molar-refractivity contribution in [3.63, 3.8) is 0 Å². The maximum atomic E-state index is 11.2. The summed E-state index contributed by atoms with van der Waals surface area (Å²) in [7, 11) is 0. The summed E-state index contributed by atoms with van der Waals surface area (Å²) in [6, 6.07) is -0.877. The monoisotopic (exact) mass is 247 g/mol. The molecule has 0 aromatic rings. The van der Waals surface area contributed by atoms with Crippen molar-refractivity contribution in [2.45, 2.75) is 25.8 Å². The number of esters is 1. The molecule has 1 fully saturated rings. The summed E-state index contributed by atoms with van der Waals surface area (Å²) in [5, 5.41) is 23.9. The average molecular weight is 247 g/mol. The minimum Gasteiger partial charge on any atom is -0.569 e. The Morgan fingerprint density at radius 1 is 1.65 bits per heavy atom. The third-order valence-electron chi connectivity index (χ3n) is 2.19. The number of nitrogens with zero attached hydrogens (tertiary/aromatic N) is 3. The second-order valence-electron chi connectivity index (χ2n) is 3.26. The molecule has 0 amide bonds. The zero-order valence-electron chi connectivity index (χ0n) is 9.24. The van der Waals surface area contributed by atoms with E-state index in [1.165, 1.54) is 0 Å². The maximum absolute atomic E-state index is 11.2. The highest BCUT2D eigenvalue weighted by Crippen LogP contribution is 2.17. The second-order valence-corrected chi connectivity index (χ2v) is 3.26. The third kappa shape index (κ3) is 3.47. The van der Waals surface area contributed by atoms with Crippen molar-refractivity contribution in [3.8, 4) is 0 Å². The summed E-state index contributed by atoms with van der Waals surface area (Å²) in [5.74, 6) is -1.57. The van der Waals surface area contributed by atoms with Crippen LogP contribution in [0.25, 0.3) is 0 Å². The molecule has 1 rings (SSSR count). The molecule has 9 nitrogen and oxygen atoms in total. The molecule has 0 spiro atoms. The first-order valence-electron chi connectivity index (χ1n) is 5.01. The SMILES string of the molecule is CCC(=O)OCON=[N+]([O-])N1CC[C@H]1C(=O)O. The van der Waals surface area contributed by atoms with Gasteiger partial charge in [-0.3, -0.25) is 4.79 Å². The Labute approximate surface area is 96.7 Å². The summed E-state index contributed by atoms with van der Waals surface area (Å²) < 4.78 is 4.49. The highest BCUT2D eigenvalue weighted by molar-refractivity contribution is 5.74. The van der Waals surface area contributed by atoms with E-state index < -0.39 is 24.8 Å². The molecule has 1 heterocycles. The van der Waals surface area contributed by atoms with Gasteiger partial charge in [0.25, 0.3) is 6.79 Å². The van der Waals surface area contributed by atoms with Crippen LogP contribution in [0.15, 0.2) is 5.28 Å². The number of carboxylic acid groups (broad SMARTS) is 1. The van der Waals surface area contributed by atoms with E-state index in [9.17, 15) is 14.8 Å². The van der Waals surface area contributed by atoms with Crippen molar-refractivity contribution < 1.29 is 29.2 Å². The lowest BCUT2D eigenvalue weighted by Crippen LogP contribution is -2.55. The highest BCUT2D eigenvalue weighted by Gasteiger charge is 2.41. The number of carboxylic acids is 1. The van der Waals surface area contributed by atoms with Gasteiger partial charge in [-0.2, -0.15) is 0 Å². The van der Waals surface area contributed by atoms with E-state index in [-0.39, 0.29) is 11.4 Å². The Balaban J connectivity index is 2.30. The number of hydrogen-bond donors (Lipinski definition) is 1. The van der Waals surface area contributed by atoms with Crippen LogP contribution in [0.5, 0.6) is 0 Å². The standard InChI is InChI=1S/C8H13N3O6/c1-2-7(12)16-5-17-9-11(15)10-4-3-6(10)8(13)14/h6H,2-5H2,1H3,(H,13,14)/t6-/m0/s1. The topological polar surface area (TPSA) is 114 Å². The summed E-state index contributed by atoms with van der Waals surface area (Å²) in [6.45, 7) is 1.43. The number of ether oxygens (including phenoxy) is 1. The van der Waals surface area contributed by atoms with Gasteiger partial charge in [0.05, 0.1) is 11.5 Å². The Bertz CT molecular complexity index is 331. The van der Waals surface area contributed by atoms with Crippen molar-refractivity contribution in [2.24, 2.45) is 5.28 Å². The molecule has 0 aromatic carbocycles. The lowest BCUT2D eigenvalue weighted by molar-refractivity contribution is -0.729. The quantitative estimate of drug-likeness (QED) is 0.173. The maximum Gasteiger partial charge on any atom is 0.332 e. The Hall–Kier alpha value is -2.06. The number of carbonyl (C=O) groups is 2. The second kappa shape index (κ2) is 5.87. The van der Waals surface area contributed by atoms with Crippen molar-refractivity contribution in [1.29, 1.82) is 0 Å². The number of aliphatic carboxylic acids is 1. The van der Waals surface area contributed by atoms with Gasteiger partial charge in [0.15, 0.2) is 6.04 Å². The van der Waals surface area contributed by atoms with Gasteiger partial charge >= 0.3 is 11.9 Å². The van der Waals surface area contributed by atoms with Gasteiger partial charge in [0.1, 0.15) is 0 Å². The minimum atomic E-state index is -1.09. The molecule has 0 unspecified atom stereocenters. The van der Waals surface area contributed by atoms with E-state index >= 15 is 0 Å². The molecular formula is C8H13N3O6. The van der Waals surface area contributed by atoms with Gasteiger partial charge in [0, 0.05) is 12.8 Å². The molecule has 17 heavy (non-hydrogen) atoms. The fourth-order valence-corrected chi connectivity index (χ4v) is 1.14. The smallest absolute Gasteiger partial charge is 0.332 e.